The van der Waals surface area contributed by atoms with Crippen molar-refractivity contribution in [3.05, 3.63) is 45.9 Å². The van der Waals surface area contributed by atoms with E-state index in [0.29, 0.717) is 40.1 Å². The minimum absolute atomic E-state index is 0.163. The van der Waals surface area contributed by atoms with E-state index in [1.165, 1.54) is 17.5 Å². The zero-order valence-electron chi connectivity index (χ0n) is 11.5. The Morgan fingerprint density at radius 3 is 2.77 bits per heavy atom. The first-order chi connectivity index (χ1) is 10.6. The maximum Gasteiger partial charge on any atom is 0.404 e. The summed E-state index contributed by atoms with van der Waals surface area (Å²) in [4.78, 5) is 27.2. The van der Waals surface area contributed by atoms with Gasteiger partial charge >= 0.3 is 6.09 Å². The summed E-state index contributed by atoms with van der Waals surface area (Å²) in [6.45, 7) is 0.923. The molecule has 8 heteroatoms. The van der Waals surface area contributed by atoms with E-state index in [2.05, 4.69) is 15.6 Å². The molecule has 0 saturated carbocycles. The molecular formula is C14H14ClN3O3S. The molecule has 0 saturated heterocycles. The van der Waals surface area contributed by atoms with Crippen molar-refractivity contribution >= 4 is 39.9 Å². The second-order valence-corrected chi connectivity index (χ2v) is 5.79. The Morgan fingerprint density at radius 1 is 1.27 bits per heavy atom. The molecule has 1 heterocycles. The van der Waals surface area contributed by atoms with Gasteiger partial charge in [-0.15, -0.1) is 0 Å². The minimum Gasteiger partial charge on any atom is -0.465 e. The number of nitrogens with one attached hydrogen (secondary N) is 2. The number of nitrogens with zero attached hydrogens (tertiary/aromatic N) is 1. The second kappa shape index (κ2) is 7.77. The number of carboxylic acid groups (broad SMARTS) is 1. The fourth-order valence-electron chi connectivity index (χ4n) is 1.72. The van der Waals surface area contributed by atoms with Crippen LogP contribution in [0.2, 0.25) is 5.02 Å². The van der Waals surface area contributed by atoms with Crippen LogP contribution in [0.15, 0.2) is 30.5 Å². The molecule has 6 nitrogen and oxygen atoms in total. The first-order valence-electron chi connectivity index (χ1n) is 6.53. The predicted octanol–water partition coefficient (Wildman–Crippen LogP) is 3.10. The molecule has 0 radical (unpaired) electrons. The van der Waals surface area contributed by atoms with Crippen molar-refractivity contribution < 1.29 is 14.7 Å². The molecular weight excluding hydrogens is 326 g/mol. The van der Waals surface area contributed by atoms with Crippen molar-refractivity contribution in [3.63, 3.8) is 0 Å². The van der Waals surface area contributed by atoms with Crippen molar-refractivity contribution in [2.45, 2.75) is 6.42 Å². The van der Waals surface area contributed by atoms with E-state index in [0.717, 1.165) is 0 Å². The summed E-state index contributed by atoms with van der Waals surface area (Å²) >= 11 is 7.25. The van der Waals surface area contributed by atoms with Gasteiger partial charge in [0, 0.05) is 18.7 Å². The molecule has 3 N–H and O–H groups in total. The molecule has 2 rings (SSSR count). The maximum absolute atomic E-state index is 12.3. The number of ketones is 1. The van der Waals surface area contributed by atoms with Crippen LogP contribution >= 0.6 is 22.9 Å². The van der Waals surface area contributed by atoms with Gasteiger partial charge in [0.15, 0.2) is 5.13 Å². The summed E-state index contributed by atoms with van der Waals surface area (Å²) in [5, 5.41) is 14.8. The van der Waals surface area contributed by atoms with Crippen LogP contribution in [0.4, 0.5) is 9.93 Å². The topological polar surface area (TPSA) is 91.3 Å². The van der Waals surface area contributed by atoms with Crippen molar-refractivity contribution in [1.29, 1.82) is 0 Å². The molecule has 1 amide bonds. The average molecular weight is 340 g/mol. The van der Waals surface area contributed by atoms with Gasteiger partial charge in [-0.25, -0.2) is 9.78 Å². The fourth-order valence-corrected chi connectivity index (χ4v) is 2.74. The lowest BCUT2D eigenvalue weighted by atomic mass is 10.1. The van der Waals surface area contributed by atoms with Gasteiger partial charge < -0.3 is 15.7 Å². The monoisotopic (exact) mass is 339 g/mol. The van der Waals surface area contributed by atoms with E-state index in [4.69, 9.17) is 16.7 Å². The van der Waals surface area contributed by atoms with Crippen LogP contribution < -0.4 is 10.6 Å². The standard InChI is InChI=1S/C14H14ClN3O3S/c15-10-5-2-1-4-9(10)12(19)11-8-18-13(22-11)16-6-3-7-17-14(20)21/h1-2,4-5,8,17H,3,6-7H2,(H,16,18)(H,20,21). The van der Waals surface area contributed by atoms with Crippen molar-refractivity contribution in [2.75, 3.05) is 18.4 Å². The van der Waals surface area contributed by atoms with E-state index in [-0.39, 0.29) is 5.78 Å². The lowest BCUT2D eigenvalue weighted by molar-refractivity contribution is 0.104. The molecule has 0 atom stereocenters. The molecule has 0 bridgehead atoms. The number of benzene rings is 1. The summed E-state index contributed by atoms with van der Waals surface area (Å²) < 4.78 is 0. The Labute approximate surface area is 136 Å². The van der Waals surface area contributed by atoms with Crippen LogP contribution in [-0.4, -0.2) is 35.1 Å². The van der Waals surface area contributed by atoms with Crippen molar-refractivity contribution in [1.82, 2.24) is 10.3 Å². The minimum atomic E-state index is -1.04. The third-order valence-corrected chi connectivity index (χ3v) is 4.04. The van der Waals surface area contributed by atoms with Crippen LogP contribution in [0.3, 0.4) is 0 Å². The fraction of sp³-hybridized carbons (Fsp3) is 0.214. The number of halogens is 1. The number of rotatable bonds is 7. The smallest absolute Gasteiger partial charge is 0.404 e. The zero-order valence-corrected chi connectivity index (χ0v) is 13.1. The van der Waals surface area contributed by atoms with E-state index < -0.39 is 6.09 Å². The van der Waals surface area contributed by atoms with E-state index in [1.54, 1.807) is 24.3 Å². The van der Waals surface area contributed by atoms with Gasteiger partial charge in [0.1, 0.15) is 0 Å². The van der Waals surface area contributed by atoms with E-state index in [1.807, 2.05) is 0 Å². The molecule has 22 heavy (non-hydrogen) atoms. The molecule has 116 valence electrons. The van der Waals surface area contributed by atoms with Crippen LogP contribution in [0.25, 0.3) is 0 Å². The molecule has 0 aliphatic rings. The van der Waals surface area contributed by atoms with Crippen molar-refractivity contribution in [3.8, 4) is 0 Å². The molecule has 1 aromatic carbocycles. The number of aromatic nitrogens is 1. The summed E-state index contributed by atoms with van der Waals surface area (Å²) in [5.74, 6) is -0.163. The molecule has 0 spiro atoms. The van der Waals surface area contributed by atoms with E-state index in [9.17, 15) is 9.59 Å². The predicted molar refractivity (Wildman–Crippen MR) is 86.1 cm³/mol. The molecule has 0 aliphatic carbocycles. The van der Waals surface area contributed by atoms with Crippen LogP contribution in [0.1, 0.15) is 21.7 Å². The highest BCUT2D eigenvalue weighted by Gasteiger charge is 2.15. The Balaban J connectivity index is 1.90. The number of amides is 1. The zero-order chi connectivity index (χ0) is 15.9. The number of thiazole rings is 1. The highest BCUT2D eigenvalue weighted by Crippen LogP contribution is 2.24. The number of anilines is 1. The van der Waals surface area contributed by atoms with Crippen LogP contribution in [-0.2, 0) is 0 Å². The number of hydrogen-bond acceptors (Lipinski definition) is 5. The molecule has 1 aromatic heterocycles. The molecule has 0 fully saturated rings. The second-order valence-electron chi connectivity index (χ2n) is 4.35. The van der Waals surface area contributed by atoms with Gasteiger partial charge in [-0.05, 0) is 18.6 Å². The lowest BCUT2D eigenvalue weighted by Gasteiger charge is -2.02. The van der Waals surface area contributed by atoms with Gasteiger partial charge in [-0.1, -0.05) is 35.1 Å². The van der Waals surface area contributed by atoms with E-state index >= 15 is 0 Å². The number of carbonyl (C=O) groups is 2. The highest BCUT2D eigenvalue weighted by molar-refractivity contribution is 7.17. The number of carbonyl (C=O) groups excluding carboxylic acids is 1. The summed E-state index contributed by atoms with van der Waals surface area (Å²) in [5.41, 5.74) is 0.449. The Bertz CT molecular complexity index is 675. The maximum atomic E-state index is 12.3. The van der Waals surface area contributed by atoms with Crippen LogP contribution in [0.5, 0.6) is 0 Å². The Morgan fingerprint density at radius 2 is 2.05 bits per heavy atom. The molecule has 2 aromatic rings. The summed E-state index contributed by atoms with van der Waals surface area (Å²) in [6.07, 6.45) is 1.09. The largest absolute Gasteiger partial charge is 0.465 e. The van der Waals surface area contributed by atoms with Gasteiger partial charge in [-0.2, -0.15) is 0 Å². The third kappa shape index (κ3) is 4.44. The summed E-state index contributed by atoms with van der Waals surface area (Å²) in [6, 6.07) is 6.87. The first kappa shape index (κ1) is 16.3. The molecule has 0 aliphatic heterocycles. The quantitative estimate of drug-likeness (QED) is 0.532. The first-order valence-corrected chi connectivity index (χ1v) is 7.73. The van der Waals surface area contributed by atoms with Crippen molar-refractivity contribution in [2.24, 2.45) is 0 Å². The van der Waals surface area contributed by atoms with Gasteiger partial charge in [0.25, 0.3) is 0 Å². The van der Waals surface area contributed by atoms with Crippen LogP contribution in [0, 0.1) is 0 Å². The third-order valence-electron chi connectivity index (χ3n) is 2.75. The average Bonchev–Trinajstić information content (AvgIpc) is 2.95. The Hall–Kier alpha value is -2.12. The lowest BCUT2D eigenvalue weighted by Crippen LogP contribution is -2.23. The number of hydrogen-bond donors (Lipinski definition) is 3. The highest BCUT2D eigenvalue weighted by atomic mass is 35.5. The van der Waals surface area contributed by atoms with Gasteiger partial charge in [-0.3, -0.25) is 4.79 Å². The normalized spacial score (nSPS) is 10.2. The molecule has 0 unspecified atom stereocenters. The SMILES string of the molecule is O=C(O)NCCCNc1ncc(C(=O)c2ccccc2Cl)s1. The van der Waals surface area contributed by atoms with Gasteiger partial charge in [0.2, 0.25) is 5.78 Å². The van der Waals surface area contributed by atoms with Gasteiger partial charge in [0.05, 0.1) is 16.1 Å². The summed E-state index contributed by atoms with van der Waals surface area (Å²) in [7, 11) is 0. The Kier molecular flexibility index (Phi) is 5.74.